The molecule has 0 amide bonds. The van der Waals surface area contributed by atoms with Gasteiger partial charge in [-0.05, 0) is 23.7 Å². The lowest BCUT2D eigenvalue weighted by Crippen LogP contribution is -2.02. The van der Waals surface area contributed by atoms with Gasteiger partial charge in [-0.3, -0.25) is 0 Å². The molecule has 1 N–H and O–H groups in total. The number of aliphatic hydroxyl groups excluding tert-OH is 1. The number of aromatic nitrogens is 2. The first kappa shape index (κ1) is 11.4. The van der Waals surface area contributed by atoms with Gasteiger partial charge in [-0.15, -0.1) is 5.10 Å². The van der Waals surface area contributed by atoms with Crippen molar-refractivity contribution in [2.24, 2.45) is 0 Å². The molecule has 2 aromatic rings. The number of hydrogen-bond donors (Lipinski definition) is 1. The van der Waals surface area contributed by atoms with Gasteiger partial charge in [-0.2, -0.15) is 0 Å². The largest absolute Gasteiger partial charge is 0.387 e. The van der Waals surface area contributed by atoms with Crippen LogP contribution in [0.1, 0.15) is 16.5 Å². The van der Waals surface area contributed by atoms with E-state index in [1.54, 1.807) is 6.07 Å². The first-order valence-corrected chi connectivity index (χ1v) is 5.72. The molecule has 0 saturated heterocycles. The minimum atomic E-state index is -0.825. The maximum Gasteiger partial charge on any atom is 0.127 e. The van der Waals surface area contributed by atoms with E-state index >= 15 is 0 Å². The highest BCUT2D eigenvalue weighted by Crippen LogP contribution is 2.26. The van der Waals surface area contributed by atoms with E-state index in [-0.39, 0.29) is 6.42 Å². The summed E-state index contributed by atoms with van der Waals surface area (Å²) in [6.45, 7) is 0. The molecule has 0 fully saturated rings. The molecule has 1 heterocycles. The molecule has 1 unspecified atom stereocenters. The Labute approximate surface area is 101 Å². The van der Waals surface area contributed by atoms with E-state index in [1.165, 1.54) is 18.3 Å². The first-order chi connectivity index (χ1) is 7.68. The first-order valence-electron chi connectivity index (χ1n) is 4.56. The van der Waals surface area contributed by atoms with E-state index in [1.807, 2.05) is 0 Å². The van der Waals surface area contributed by atoms with Gasteiger partial charge in [0.25, 0.3) is 0 Å². The molecule has 2 rings (SSSR count). The Morgan fingerprint density at radius 2 is 2.31 bits per heavy atom. The molecule has 16 heavy (non-hydrogen) atoms. The van der Waals surface area contributed by atoms with Gasteiger partial charge in [-0.1, -0.05) is 22.2 Å². The molecular formula is C10H8ClFN2OS. The van der Waals surface area contributed by atoms with Crippen molar-refractivity contribution in [3.05, 3.63) is 45.7 Å². The van der Waals surface area contributed by atoms with Crippen LogP contribution >= 0.6 is 23.1 Å². The Morgan fingerprint density at radius 1 is 1.50 bits per heavy atom. The van der Waals surface area contributed by atoms with Gasteiger partial charge in [-0.25, -0.2) is 4.39 Å². The summed E-state index contributed by atoms with van der Waals surface area (Å²) in [4.78, 5) is 0.597. The Morgan fingerprint density at radius 3 is 2.94 bits per heavy atom. The van der Waals surface area contributed by atoms with Crippen molar-refractivity contribution >= 4 is 23.1 Å². The lowest BCUT2D eigenvalue weighted by molar-refractivity contribution is 0.180. The molecule has 84 valence electrons. The molecule has 0 saturated carbocycles. The maximum absolute atomic E-state index is 13.4. The predicted octanol–water partition coefficient (Wildman–Crippen LogP) is 2.61. The molecule has 1 atom stereocenters. The zero-order valence-corrected chi connectivity index (χ0v) is 9.67. The Balaban J connectivity index is 2.21. The van der Waals surface area contributed by atoms with Crippen LogP contribution in [0.4, 0.5) is 4.39 Å². The summed E-state index contributed by atoms with van der Waals surface area (Å²) in [5, 5.41) is 13.7. The minimum Gasteiger partial charge on any atom is -0.387 e. The molecular weight excluding hydrogens is 251 g/mol. The van der Waals surface area contributed by atoms with E-state index in [0.29, 0.717) is 15.5 Å². The standard InChI is InChI=1S/C10H8ClFN2OS/c11-7-2-1-3-8(12)6(7)4-9(15)10-5-13-14-16-10/h1-3,5,9,15H,4H2. The van der Waals surface area contributed by atoms with Crippen LogP contribution < -0.4 is 0 Å². The molecule has 0 radical (unpaired) electrons. The van der Waals surface area contributed by atoms with Crippen molar-refractivity contribution in [1.29, 1.82) is 0 Å². The van der Waals surface area contributed by atoms with Crippen molar-refractivity contribution in [2.45, 2.75) is 12.5 Å². The van der Waals surface area contributed by atoms with Gasteiger partial charge in [0.1, 0.15) is 5.82 Å². The fourth-order valence-corrected chi connectivity index (χ4v) is 2.07. The average Bonchev–Trinajstić information content (AvgIpc) is 2.76. The van der Waals surface area contributed by atoms with Crippen molar-refractivity contribution in [3.8, 4) is 0 Å². The summed E-state index contributed by atoms with van der Waals surface area (Å²) in [5.41, 5.74) is 0.310. The Kier molecular flexibility index (Phi) is 3.48. The number of halogens is 2. The minimum absolute atomic E-state index is 0.120. The van der Waals surface area contributed by atoms with Gasteiger partial charge in [0.05, 0.1) is 17.2 Å². The second kappa shape index (κ2) is 4.86. The highest BCUT2D eigenvalue weighted by Gasteiger charge is 2.15. The zero-order valence-electron chi connectivity index (χ0n) is 8.10. The van der Waals surface area contributed by atoms with Crippen LogP contribution in [-0.2, 0) is 6.42 Å². The van der Waals surface area contributed by atoms with Crippen LogP contribution in [0.2, 0.25) is 5.02 Å². The topological polar surface area (TPSA) is 46.0 Å². The number of hydrogen-bond acceptors (Lipinski definition) is 4. The van der Waals surface area contributed by atoms with Gasteiger partial charge in [0.15, 0.2) is 0 Å². The van der Waals surface area contributed by atoms with E-state index < -0.39 is 11.9 Å². The molecule has 3 nitrogen and oxygen atoms in total. The van der Waals surface area contributed by atoms with Crippen LogP contribution in [0.3, 0.4) is 0 Å². The lowest BCUT2D eigenvalue weighted by atomic mass is 10.1. The summed E-state index contributed by atoms with van der Waals surface area (Å²) in [6, 6.07) is 4.44. The normalized spacial score (nSPS) is 12.7. The lowest BCUT2D eigenvalue weighted by Gasteiger charge is -2.09. The summed E-state index contributed by atoms with van der Waals surface area (Å²) in [7, 11) is 0. The molecule has 0 aliphatic carbocycles. The zero-order chi connectivity index (χ0) is 11.5. The van der Waals surface area contributed by atoms with Gasteiger partial charge < -0.3 is 5.11 Å². The Bertz CT molecular complexity index is 457. The van der Waals surface area contributed by atoms with Crippen molar-refractivity contribution in [1.82, 2.24) is 9.59 Å². The quantitative estimate of drug-likeness (QED) is 0.921. The van der Waals surface area contributed by atoms with Gasteiger partial charge in [0.2, 0.25) is 0 Å². The molecule has 0 bridgehead atoms. The highest BCUT2D eigenvalue weighted by molar-refractivity contribution is 7.05. The third kappa shape index (κ3) is 2.37. The van der Waals surface area contributed by atoms with Crippen molar-refractivity contribution in [2.75, 3.05) is 0 Å². The molecule has 1 aromatic heterocycles. The number of benzene rings is 1. The number of rotatable bonds is 3. The smallest absolute Gasteiger partial charge is 0.127 e. The SMILES string of the molecule is OC(Cc1c(F)cccc1Cl)c1cnns1. The van der Waals surface area contributed by atoms with Gasteiger partial charge >= 0.3 is 0 Å². The second-order valence-corrected chi connectivity index (χ2v) is 4.46. The predicted molar refractivity (Wildman–Crippen MR) is 60.0 cm³/mol. The summed E-state index contributed by atoms with van der Waals surface area (Å²) in [5.74, 6) is -0.413. The van der Waals surface area contributed by atoms with Crippen LogP contribution in [0.15, 0.2) is 24.4 Å². The van der Waals surface area contributed by atoms with Crippen LogP contribution in [0.5, 0.6) is 0 Å². The maximum atomic E-state index is 13.4. The van der Waals surface area contributed by atoms with E-state index in [2.05, 4.69) is 9.59 Å². The molecule has 0 spiro atoms. The third-order valence-electron chi connectivity index (χ3n) is 2.17. The molecule has 0 aliphatic heterocycles. The number of nitrogens with zero attached hydrogens (tertiary/aromatic N) is 2. The van der Waals surface area contributed by atoms with Crippen LogP contribution in [0.25, 0.3) is 0 Å². The monoisotopic (exact) mass is 258 g/mol. The third-order valence-corrected chi connectivity index (χ3v) is 3.28. The van der Waals surface area contributed by atoms with Crippen molar-refractivity contribution < 1.29 is 9.50 Å². The van der Waals surface area contributed by atoms with Crippen LogP contribution in [0, 0.1) is 5.82 Å². The fraction of sp³-hybridized carbons (Fsp3) is 0.200. The number of aliphatic hydroxyl groups is 1. The highest BCUT2D eigenvalue weighted by atomic mass is 35.5. The summed E-state index contributed by atoms with van der Waals surface area (Å²) < 4.78 is 17.1. The molecule has 6 heteroatoms. The van der Waals surface area contributed by atoms with Gasteiger partial charge in [0, 0.05) is 17.0 Å². The summed E-state index contributed by atoms with van der Waals surface area (Å²) >= 11 is 6.94. The van der Waals surface area contributed by atoms with E-state index in [4.69, 9.17) is 11.6 Å². The molecule has 0 aliphatic rings. The summed E-state index contributed by atoms with van der Waals surface area (Å²) in [6.07, 6.45) is 0.758. The average molecular weight is 259 g/mol. The second-order valence-electron chi connectivity index (χ2n) is 3.24. The van der Waals surface area contributed by atoms with E-state index in [0.717, 1.165) is 11.5 Å². The van der Waals surface area contributed by atoms with Crippen LogP contribution in [-0.4, -0.2) is 14.7 Å². The fourth-order valence-electron chi connectivity index (χ4n) is 1.34. The molecule has 1 aromatic carbocycles. The Hall–Kier alpha value is -1.04. The van der Waals surface area contributed by atoms with E-state index in [9.17, 15) is 9.50 Å². The van der Waals surface area contributed by atoms with Crippen molar-refractivity contribution in [3.63, 3.8) is 0 Å².